The molecule has 3 heterocycles. The molecular weight excluding hydrogens is 434 g/mol. The highest BCUT2D eigenvalue weighted by molar-refractivity contribution is 7.89. The molecule has 0 radical (unpaired) electrons. The minimum absolute atomic E-state index is 0.0761. The van der Waals surface area contributed by atoms with Crippen LogP contribution in [0.25, 0.3) is 11.4 Å². The maximum Gasteiger partial charge on any atom is 0.410 e. The molecule has 0 bridgehead atoms. The van der Waals surface area contributed by atoms with Crippen molar-refractivity contribution in [1.29, 1.82) is 0 Å². The van der Waals surface area contributed by atoms with E-state index in [2.05, 4.69) is 10.1 Å². The minimum Gasteiger partial charge on any atom is -0.487 e. The monoisotopic (exact) mass is 463 g/mol. The SMILES string of the molecule is CC(C)(C)OC(=O)N1CCC2(CCc3cc(-c4noc(CS(C)(=O)=O)n4)ccc3O2)CC1. The topological polar surface area (TPSA) is 112 Å². The first-order valence-electron chi connectivity index (χ1n) is 10.7. The second-order valence-corrected chi connectivity index (χ2v) is 11.8. The summed E-state index contributed by atoms with van der Waals surface area (Å²) in [4.78, 5) is 18.3. The fourth-order valence-electron chi connectivity index (χ4n) is 4.09. The van der Waals surface area contributed by atoms with Gasteiger partial charge >= 0.3 is 6.09 Å². The van der Waals surface area contributed by atoms with Crippen molar-refractivity contribution in [3.05, 3.63) is 29.7 Å². The van der Waals surface area contributed by atoms with Gasteiger partial charge in [-0.1, -0.05) is 5.16 Å². The summed E-state index contributed by atoms with van der Waals surface area (Å²) in [5, 5.41) is 3.91. The Hall–Kier alpha value is -2.62. The molecule has 174 valence electrons. The molecule has 1 aromatic heterocycles. The second kappa shape index (κ2) is 8.06. The Morgan fingerprint density at radius 1 is 1.22 bits per heavy atom. The number of sulfone groups is 1. The largest absolute Gasteiger partial charge is 0.487 e. The van der Waals surface area contributed by atoms with Crippen molar-refractivity contribution in [2.75, 3.05) is 19.3 Å². The number of likely N-dealkylation sites (tertiary alicyclic amines) is 1. The lowest BCUT2D eigenvalue weighted by atomic mass is 9.83. The van der Waals surface area contributed by atoms with Crippen molar-refractivity contribution >= 4 is 15.9 Å². The quantitative estimate of drug-likeness (QED) is 0.681. The van der Waals surface area contributed by atoms with E-state index in [-0.39, 0.29) is 23.3 Å². The standard InChI is InChI=1S/C22H29N3O6S/c1-21(2,3)30-20(26)25-11-9-22(10-12-25)8-7-15-13-16(5-6-17(15)29-22)19-23-18(31-24-19)14-32(4,27)28/h5-6,13H,7-12,14H2,1-4H3. The zero-order chi connectivity index (χ0) is 23.1. The van der Waals surface area contributed by atoms with Gasteiger partial charge in [0.25, 0.3) is 0 Å². The number of carbonyl (C=O) groups is 1. The Labute approximate surface area is 188 Å². The molecule has 0 aliphatic carbocycles. The molecule has 1 aromatic carbocycles. The summed E-state index contributed by atoms with van der Waals surface area (Å²) in [6.07, 6.45) is 4.06. The van der Waals surface area contributed by atoms with Gasteiger partial charge < -0.3 is 18.9 Å². The first kappa shape index (κ1) is 22.6. The number of rotatable bonds is 3. The maximum absolute atomic E-state index is 12.3. The Balaban J connectivity index is 1.42. The number of nitrogens with zero attached hydrogens (tertiary/aromatic N) is 3. The molecular formula is C22H29N3O6S. The number of fused-ring (bicyclic) bond motifs is 1. The molecule has 1 fully saturated rings. The van der Waals surface area contributed by atoms with Crippen LogP contribution in [0.1, 0.15) is 51.5 Å². The van der Waals surface area contributed by atoms with Gasteiger partial charge in [0, 0.05) is 37.8 Å². The molecule has 2 aliphatic heterocycles. The predicted molar refractivity (Wildman–Crippen MR) is 117 cm³/mol. The van der Waals surface area contributed by atoms with Crippen LogP contribution in [-0.4, -0.2) is 60.1 Å². The summed E-state index contributed by atoms with van der Waals surface area (Å²) >= 11 is 0. The number of amides is 1. The fourth-order valence-corrected chi connectivity index (χ4v) is 4.66. The van der Waals surface area contributed by atoms with Crippen molar-refractivity contribution < 1.29 is 27.2 Å². The van der Waals surface area contributed by atoms with Crippen molar-refractivity contribution in [3.63, 3.8) is 0 Å². The number of aryl methyl sites for hydroxylation is 1. The van der Waals surface area contributed by atoms with Crippen LogP contribution in [-0.2, 0) is 26.7 Å². The average molecular weight is 464 g/mol. The summed E-state index contributed by atoms with van der Waals surface area (Å²) in [5.41, 5.74) is 1.03. The predicted octanol–water partition coefficient (Wildman–Crippen LogP) is 3.38. The minimum atomic E-state index is -3.24. The molecule has 10 heteroatoms. The smallest absolute Gasteiger partial charge is 0.410 e. The highest BCUT2D eigenvalue weighted by atomic mass is 32.2. The van der Waals surface area contributed by atoms with Gasteiger partial charge in [-0.3, -0.25) is 0 Å². The normalized spacial score (nSPS) is 18.2. The van der Waals surface area contributed by atoms with Crippen LogP contribution in [0.15, 0.2) is 22.7 Å². The Kier molecular flexibility index (Phi) is 5.68. The average Bonchev–Trinajstić information content (AvgIpc) is 3.13. The zero-order valence-electron chi connectivity index (χ0n) is 18.9. The molecule has 0 unspecified atom stereocenters. The summed E-state index contributed by atoms with van der Waals surface area (Å²) < 4.78 is 39.9. The molecule has 2 aliphatic rings. The van der Waals surface area contributed by atoms with E-state index in [1.165, 1.54) is 0 Å². The lowest BCUT2D eigenvalue weighted by molar-refractivity contribution is -0.0272. The number of aromatic nitrogens is 2. The maximum atomic E-state index is 12.3. The van der Waals surface area contributed by atoms with E-state index < -0.39 is 15.4 Å². The molecule has 1 saturated heterocycles. The highest BCUT2D eigenvalue weighted by Gasteiger charge is 2.41. The number of benzene rings is 1. The van der Waals surface area contributed by atoms with Gasteiger partial charge in [0.1, 0.15) is 22.7 Å². The molecule has 0 N–H and O–H groups in total. The fraction of sp³-hybridized carbons (Fsp3) is 0.591. The number of piperidine rings is 1. The molecule has 1 spiro atoms. The van der Waals surface area contributed by atoms with Crippen molar-refractivity contribution in [1.82, 2.24) is 15.0 Å². The summed E-state index contributed by atoms with van der Waals surface area (Å²) in [7, 11) is -3.24. The molecule has 1 amide bonds. The summed E-state index contributed by atoms with van der Waals surface area (Å²) in [6, 6.07) is 5.72. The van der Waals surface area contributed by atoms with Gasteiger partial charge in [-0.25, -0.2) is 13.2 Å². The van der Waals surface area contributed by atoms with Crippen LogP contribution >= 0.6 is 0 Å². The second-order valence-electron chi connectivity index (χ2n) is 9.66. The first-order chi connectivity index (χ1) is 14.9. The number of ether oxygens (including phenoxy) is 2. The third kappa shape index (κ3) is 5.23. The van der Waals surface area contributed by atoms with E-state index in [0.29, 0.717) is 18.9 Å². The lowest BCUT2D eigenvalue weighted by Crippen LogP contribution is -2.52. The van der Waals surface area contributed by atoms with Crippen LogP contribution in [0.5, 0.6) is 5.75 Å². The van der Waals surface area contributed by atoms with Crippen molar-refractivity contribution in [2.45, 2.75) is 63.4 Å². The number of hydrogen-bond donors (Lipinski definition) is 0. The first-order valence-corrected chi connectivity index (χ1v) is 12.8. The van der Waals surface area contributed by atoms with Gasteiger partial charge in [-0.2, -0.15) is 4.98 Å². The number of hydrogen-bond acceptors (Lipinski definition) is 8. The zero-order valence-corrected chi connectivity index (χ0v) is 19.7. The molecule has 0 atom stereocenters. The third-order valence-electron chi connectivity index (χ3n) is 5.68. The summed E-state index contributed by atoms with van der Waals surface area (Å²) in [5.74, 6) is 0.979. The van der Waals surface area contributed by atoms with Crippen LogP contribution in [0.3, 0.4) is 0 Å². The molecule has 32 heavy (non-hydrogen) atoms. The Morgan fingerprint density at radius 3 is 2.59 bits per heavy atom. The van der Waals surface area contributed by atoms with Crippen LogP contribution in [0.2, 0.25) is 0 Å². The Bertz CT molecular complexity index is 1110. The lowest BCUT2D eigenvalue weighted by Gasteiger charge is -2.44. The third-order valence-corrected chi connectivity index (χ3v) is 6.45. The van der Waals surface area contributed by atoms with Crippen LogP contribution in [0.4, 0.5) is 4.79 Å². The molecule has 2 aromatic rings. The van der Waals surface area contributed by atoms with Gasteiger partial charge in [0.05, 0.1) is 0 Å². The molecule has 0 saturated carbocycles. The van der Waals surface area contributed by atoms with Crippen molar-refractivity contribution in [3.8, 4) is 17.1 Å². The van der Waals surface area contributed by atoms with Gasteiger partial charge in [-0.05, 0) is 57.4 Å². The van der Waals surface area contributed by atoms with Gasteiger partial charge in [0.15, 0.2) is 9.84 Å². The van der Waals surface area contributed by atoms with E-state index >= 15 is 0 Å². The molecule has 9 nitrogen and oxygen atoms in total. The van der Waals surface area contributed by atoms with Gasteiger partial charge in [-0.15, -0.1) is 0 Å². The van der Waals surface area contributed by atoms with E-state index in [4.69, 9.17) is 14.0 Å². The van der Waals surface area contributed by atoms with E-state index in [9.17, 15) is 13.2 Å². The van der Waals surface area contributed by atoms with Crippen LogP contribution in [0, 0.1) is 0 Å². The molecule has 4 rings (SSSR count). The van der Waals surface area contributed by atoms with Crippen molar-refractivity contribution in [2.24, 2.45) is 0 Å². The number of carbonyl (C=O) groups excluding carboxylic acids is 1. The van der Waals surface area contributed by atoms with E-state index in [0.717, 1.165) is 48.8 Å². The van der Waals surface area contributed by atoms with Gasteiger partial charge in [0.2, 0.25) is 11.7 Å². The van der Waals surface area contributed by atoms with Crippen LogP contribution < -0.4 is 4.74 Å². The Morgan fingerprint density at radius 2 is 1.94 bits per heavy atom. The highest BCUT2D eigenvalue weighted by Crippen LogP contribution is 2.40. The van der Waals surface area contributed by atoms with E-state index in [1.54, 1.807) is 4.90 Å². The summed E-state index contributed by atoms with van der Waals surface area (Å²) in [6.45, 7) is 6.81. The van der Waals surface area contributed by atoms with E-state index in [1.807, 2.05) is 39.0 Å².